The SMILES string of the molecule is C[C@@H](Nc1cc(C#N)c(C#N)cc1[N+](=O)[O-])c1ccccc1. The van der Waals surface area contributed by atoms with Crippen molar-refractivity contribution in [3.05, 3.63) is 69.3 Å². The van der Waals surface area contributed by atoms with Crippen LogP contribution in [0.5, 0.6) is 0 Å². The van der Waals surface area contributed by atoms with Crippen molar-refractivity contribution in [2.45, 2.75) is 13.0 Å². The van der Waals surface area contributed by atoms with E-state index in [1.165, 1.54) is 6.07 Å². The monoisotopic (exact) mass is 292 g/mol. The molecule has 0 aliphatic heterocycles. The lowest BCUT2D eigenvalue weighted by molar-refractivity contribution is -0.384. The molecule has 0 saturated carbocycles. The number of nitro benzene ring substituents is 1. The van der Waals surface area contributed by atoms with Gasteiger partial charge in [0.05, 0.1) is 16.1 Å². The van der Waals surface area contributed by atoms with Gasteiger partial charge < -0.3 is 5.32 Å². The Morgan fingerprint density at radius 1 is 1.14 bits per heavy atom. The summed E-state index contributed by atoms with van der Waals surface area (Å²) in [7, 11) is 0. The molecule has 2 rings (SSSR count). The van der Waals surface area contributed by atoms with E-state index in [1.54, 1.807) is 6.07 Å². The molecule has 0 spiro atoms. The fourth-order valence-corrected chi connectivity index (χ4v) is 2.10. The number of nitrogens with zero attached hydrogens (tertiary/aromatic N) is 3. The number of benzene rings is 2. The summed E-state index contributed by atoms with van der Waals surface area (Å²) in [5.41, 5.74) is 1.05. The molecule has 0 saturated heterocycles. The zero-order valence-electron chi connectivity index (χ0n) is 11.8. The predicted octanol–water partition coefficient (Wildman–Crippen LogP) is 3.51. The third-order valence-corrected chi connectivity index (χ3v) is 3.25. The van der Waals surface area contributed by atoms with Crippen LogP contribution in [0.15, 0.2) is 42.5 Å². The van der Waals surface area contributed by atoms with Crippen molar-refractivity contribution in [3.63, 3.8) is 0 Å². The molecule has 0 aliphatic carbocycles. The molecule has 0 unspecified atom stereocenters. The number of nitro groups is 1. The highest BCUT2D eigenvalue weighted by Crippen LogP contribution is 2.31. The van der Waals surface area contributed by atoms with Crippen LogP contribution < -0.4 is 5.32 Å². The van der Waals surface area contributed by atoms with E-state index in [-0.39, 0.29) is 28.5 Å². The molecular formula is C16H12N4O2. The van der Waals surface area contributed by atoms with Gasteiger partial charge in [0.15, 0.2) is 0 Å². The van der Waals surface area contributed by atoms with Crippen molar-refractivity contribution in [3.8, 4) is 12.1 Å². The maximum Gasteiger partial charge on any atom is 0.293 e. The van der Waals surface area contributed by atoms with Crippen LogP contribution in [0, 0.1) is 32.8 Å². The zero-order chi connectivity index (χ0) is 16.1. The van der Waals surface area contributed by atoms with Crippen molar-refractivity contribution in [1.82, 2.24) is 0 Å². The Bertz CT molecular complexity index is 788. The lowest BCUT2D eigenvalue weighted by Crippen LogP contribution is -2.09. The number of anilines is 1. The number of rotatable bonds is 4. The van der Waals surface area contributed by atoms with Crippen LogP contribution in [0.3, 0.4) is 0 Å². The van der Waals surface area contributed by atoms with Crippen LogP contribution in [0.2, 0.25) is 0 Å². The van der Waals surface area contributed by atoms with Gasteiger partial charge in [-0.2, -0.15) is 10.5 Å². The molecule has 0 fully saturated rings. The first-order valence-electron chi connectivity index (χ1n) is 6.51. The molecule has 108 valence electrons. The molecular weight excluding hydrogens is 280 g/mol. The van der Waals surface area contributed by atoms with Crippen molar-refractivity contribution >= 4 is 11.4 Å². The third kappa shape index (κ3) is 3.02. The number of nitriles is 2. The van der Waals surface area contributed by atoms with Crippen molar-refractivity contribution < 1.29 is 4.92 Å². The first kappa shape index (κ1) is 15.0. The number of nitrogens with one attached hydrogen (secondary N) is 1. The predicted molar refractivity (Wildman–Crippen MR) is 81.0 cm³/mol. The summed E-state index contributed by atoms with van der Waals surface area (Å²) < 4.78 is 0. The molecule has 0 heterocycles. The van der Waals surface area contributed by atoms with Crippen LogP contribution in [-0.2, 0) is 0 Å². The van der Waals surface area contributed by atoms with Gasteiger partial charge in [0.1, 0.15) is 17.8 Å². The highest BCUT2D eigenvalue weighted by atomic mass is 16.6. The largest absolute Gasteiger partial charge is 0.373 e. The smallest absolute Gasteiger partial charge is 0.293 e. The highest BCUT2D eigenvalue weighted by molar-refractivity contribution is 5.69. The van der Waals surface area contributed by atoms with E-state index < -0.39 is 4.92 Å². The summed E-state index contributed by atoms with van der Waals surface area (Å²) >= 11 is 0. The van der Waals surface area contributed by atoms with E-state index in [2.05, 4.69) is 5.32 Å². The van der Waals surface area contributed by atoms with Gasteiger partial charge in [-0.25, -0.2) is 0 Å². The Balaban J connectivity index is 2.44. The topological polar surface area (TPSA) is 103 Å². The first-order chi connectivity index (χ1) is 10.6. The van der Waals surface area contributed by atoms with Crippen LogP contribution in [-0.4, -0.2) is 4.92 Å². The molecule has 0 aliphatic rings. The Kier molecular flexibility index (Phi) is 4.36. The molecule has 22 heavy (non-hydrogen) atoms. The minimum Gasteiger partial charge on any atom is -0.373 e. The van der Waals surface area contributed by atoms with E-state index >= 15 is 0 Å². The van der Waals surface area contributed by atoms with Crippen molar-refractivity contribution in [1.29, 1.82) is 10.5 Å². The molecule has 0 amide bonds. The van der Waals surface area contributed by atoms with Gasteiger partial charge in [-0.3, -0.25) is 10.1 Å². The molecule has 1 atom stereocenters. The Labute approximate surface area is 127 Å². The summed E-state index contributed by atoms with van der Waals surface area (Å²) in [5.74, 6) is 0. The normalized spacial score (nSPS) is 11.0. The van der Waals surface area contributed by atoms with E-state index in [0.29, 0.717) is 0 Å². The van der Waals surface area contributed by atoms with Crippen LogP contribution in [0.1, 0.15) is 29.7 Å². The second kappa shape index (κ2) is 6.38. The molecule has 0 radical (unpaired) electrons. The maximum absolute atomic E-state index is 11.2. The molecule has 0 aromatic heterocycles. The van der Waals surface area contributed by atoms with Gasteiger partial charge in [-0.15, -0.1) is 0 Å². The summed E-state index contributed by atoms with van der Waals surface area (Å²) in [4.78, 5) is 10.6. The standard InChI is InChI=1S/C16H12N4O2/c1-11(12-5-3-2-4-6-12)19-15-7-13(9-17)14(10-18)8-16(15)20(21)22/h2-8,11,19H,1H3/t11-/m1/s1. The number of hydrogen-bond acceptors (Lipinski definition) is 5. The fraction of sp³-hybridized carbons (Fsp3) is 0.125. The first-order valence-corrected chi connectivity index (χ1v) is 6.51. The Morgan fingerprint density at radius 2 is 1.73 bits per heavy atom. The summed E-state index contributed by atoms with van der Waals surface area (Å²) in [6.07, 6.45) is 0. The quantitative estimate of drug-likeness (QED) is 0.686. The minimum absolute atomic E-state index is 0.00730. The van der Waals surface area contributed by atoms with Crippen LogP contribution in [0.25, 0.3) is 0 Å². The van der Waals surface area contributed by atoms with Gasteiger partial charge in [0.25, 0.3) is 5.69 Å². The third-order valence-electron chi connectivity index (χ3n) is 3.25. The van der Waals surface area contributed by atoms with E-state index in [4.69, 9.17) is 10.5 Å². The highest BCUT2D eigenvalue weighted by Gasteiger charge is 2.20. The van der Waals surface area contributed by atoms with Gasteiger partial charge in [0, 0.05) is 12.1 Å². The number of hydrogen-bond donors (Lipinski definition) is 1. The summed E-state index contributed by atoms with van der Waals surface area (Å²) in [5, 5.41) is 32.2. The van der Waals surface area contributed by atoms with Crippen LogP contribution >= 0.6 is 0 Å². The molecule has 6 nitrogen and oxygen atoms in total. The van der Waals surface area contributed by atoms with Crippen molar-refractivity contribution in [2.24, 2.45) is 0 Å². The zero-order valence-corrected chi connectivity index (χ0v) is 11.8. The van der Waals surface area contributed by atoms with Gasteiger partial charge in [-0.1, -0.05) is 30.3 Å². The summed E-state index contributed by atoms with van der Waals surface area (Å²) in [6, 6.07) is 15.4. The van der Waals surface area contributed by atoms with E-state index in [1.807, 2.05) is 43.3 Å². The molecule has 6 heteroatoms. The summed E-state index contributed by atoms with van der Waals surface area (Å²) in [6.45, 7) is 1.86. The molecule has 0 bridgehead atoms. The average Bonchev–Trinajstić information content (AvgIpc) is 2.54. The lowest BCUT2D eigenvalue weighted by atomic mass is 10.0. The second-order valence-corrected chi connectivity index (χ2v) is 4.67. The van der Waals surface area contributed by atoms with E-state index in [0.717, 1.165) is 11.6 Å². The van der Waals surface area contributed by atoms with Crippen molar-refractivity contribution in [2.75, 3.05) is 5.32 Å². The Hall–Kier alpha value is -3.38. The lowest BCUT2D eigenvalue weighted by Gasteiger charge is -2.16. The fourth-order valence-electron chi connectivity index (χ4n) is 2.10. The van der Waals surface area contributed by atoms with Gasteiger partial charge >= 0.3 is 0 Å². The van der Waals surface area contributed by atoms with Gasteiger partial charge in [0.2, 0.25) is 0 Å². The molecule has 2 aromatic carbocycles. The van der Waals surface area contributed by atoms with E-state index in [9.17, 15) is 10.1 Å². The van der Waals surface area contributed by atoms with Crippen LogP contribution in [0.4, 0.5) is 11.4 Å². The maximum atomic E-state index is 11.2. The minimum atomic E-state index is -0.567. The second-order valence-electron chi connectivity index (χ2n) is 4.67. The average molecular weight is 292 g/mol. The molecule has 2 aromatic rings. The molecule has 1 N–H and O–H groups in total. The Morgan fingerprint density at radius 3 is 2.27 bits per heavy atom. The van der Waals surface area contributed by atoms with Gasteiger partial charge in [-0.05, 0) is 18.6 Å².